The summed E-state index contributed by atoms with van der Waals surface area (Å²) in [5, 5.41) is 2.76. The Hall–Kier alpha value is -1.51. The molecule has 1 fully saturated rings. The summed E-state index contributed by atoms with van der Waals surface area (Å²) in [5.41, 5.74) is 3.54. The molecule has 0 spiro atoms. The van der Waals surface area contributed by atoms with Gasteiger partial charge in [0.05, 0.1) is 6.04 Å². The number of ether oxygens (including phenoxy) is 1. The van der Waals surface area contributed by atoms with Gasteiger partial charge >= 0.3 is 6.09 Å². The predicted molar refractivity (Wildman–Crippen MR) is 53.1 cm³/mol. The first-order valence-corrected chi connectivity index (χ1v) is 4.66. The topological polar surface area (TPSA) is 38.3 Å². The van der Waals surface area contributed by atoms with Crippen molar-refractivity contribution in [3.05, 3.63) is 34.9 Å². The van der Waals surface area contributed by atoms with E-state index in [2.05, 4.69) is 23.5 Å². The van der Waals surface area contributed by atoms with Crippen LogP contribution in [0.25, 0.3) is 0 Å². The second kappa shape index (κ2) is 3.33. The normalized spacial score (nSPS) is 20.4. The molecule has 0 bridgehead atoms. The van der Waals surface area contributed by atoms with Crippen LogP contribution in [-0.2, 0) is 4.74 Å². The van der Waals surface area contributed by atoms with Gasteiger partial charge in [0.15, 0.2) is 0 Å². The van der Waals surface area contributed by atoms with Crippen LogP contribution >= 0.6 is 0 Å². The van der Waals surface area contributed by atoms with Crippen LogP contribution in [0.1, 0.15) is 22.7 Å². The van der Waals surface area contributed by atoms with E-state index in [1.165, 1.54) is 11.1 Å². The molecule has 0 radical (unpaired) electrons. The van der Waals surface area contributed by atoms with Gasteiger partial charge in [-0.1, -0.05) is 29.3 Å². The Morgan fingerprint density at radius 3 is 2.43 bits per heavy atom. The lowest BCUT2D eigenvalue weighted by Crippen LogP contribution is -2.18. The number of rotatable bonds is 1. The molecule has 74 valence electrons. The van der Waals surface area contributed by atoms with E-state index in [4.69, 9.17) is 4.74 Å². The van der Waals surface area contributed by atoms with Crippen LogP contribution in [-0.4, -0.2) is 12.7 Å². The Morgan fingerprint density at radius 2 is 1.93 bits per heavy atom. The highest BCUT2D eigenvalue weighted by Crippen LogP contribution is 2.20. The zero-order valence-electron chi connectivity index (χ0n) is 8.33. The predicted octanol–water partition coefficient (Wildman–Crippen LogP) is 2.08. The van der Waals surface area contributed by atoms with Gasteiger partial charge in [0, 0.05) is 0 Å². The van der Waals surface area contributed by atoms with Crippen LogP contribution in [0.3, 0.4) is 0 Å². The van der Waals surface area contributed by atoms with E-state index in [0.29, 0.717) is 6.61 Å². The first kappa shape index (κ1) is 9.06. The molecule has 0 unspecified atom stereocenters. The Bertz CT molecular complexity index is 353. The molecular weight excluding hydrogens is 178 g/mol. The molecule has 1 saturated heterocycles. The minimum atomic E-state index is -0.325. The summed E-state index contributed by atoms with van der Waals surface area (Å²) in [6, 6.07) is 6.28. The average molecular weight is 191 g/mol. The molecule has 0 saturated carbocycles. The molecule has 3 heteroatoms. The number of benzene rings is 1. The first-order chi connectivity index (χ1) is 6.65. The summed E-state index contributed by atoms with van der Waals surface area (Å²) < 4.78 is 4.85. The monoisotopic (exact) mass is 191 g/mol. The summed E-state index contributed by atoms with van der Waals surface area (Å²) in [5.74, 6) is 0. The lowest BCUT2D eigenvalue weighted by Gasteiger charge is -2.09. The average Bonchev–Trinajstić information content (AvgIpc) is 2.50. The van der Waals surface area contributed by atoms with Crippen LogP contribution in [0.4, 0.5) is 4.79 Å². The van der Waals surface area contributed by atoms with Crippen molar-refractivity contribution in [2.24, 2.45) is 0 Å². The van der Waals surface area contributed by atoms with E-state index < -0.39 is 0 Å². The van der Waals surface area contributed by atoms with Gasteiger partial charge in [0.1, 0.15) is 6.61 Å². The van der Waals surface area contributed by atoms with Crippen molar-refractivity contribution in [1.82, 2.24) is 5.32 Å². The maximum atomic E-state index is 10.9. The van der Waals surface area contributed by atoms with E-state index in [9.17, 15) is 4.79 Å². The van der Waals surface area contributed by atoms with Crippen molar-refractivity contribution >= 4 is 6.09 Å². The second-order valence-corrected chi connectivity index (χ2v) is 3.72. The van der Waals surface area contributed by atoms with E-state index >= 15 is 0 Å². The molecule has 1 aliphatic heterocycles. The third-order valence-electron chi connectivity index (χ3n) is 2.32. The number of nitrogens with one attached hydrogen (secondary N) is 1. The largest absolute Gasteiger partial charge is 0.447 e. The van der Waals surface area contributed by atoms with Crippen LogP contribution in [0.2, 0.25) is 0 Å². The van der Waals surface area contributed by atoms with Crippen LogP contribution < -0.4 is 5.32 Å². The second-order valence-electron chi connectivity index (χ2n) is 3.72. The first-order valence-electron chi connectivity index (χ1n) is 4.66. The Morgan fingerprint density at radius 1 is 1.29 bits per heavy atom. The van der Waals surface area contributed by atoms with Crippen LogP contribution in [0.5, 0.6) is 0 Å². The molecular formula is C11H13NO2. The van der Waals surface area contributed by atoms with Gasteiger partial charge in [0.25, 0.3) is 0 Å². The molecule has 1 aromatic carbocycles. The molecule has 1 aliphatic rings. The smallest absolute Gasteiger partial charge is 0.407 e. The quantitative estimate of drug-likeness (QED) is 0.738. The number of carbonyl (C=O) groups is 1. The molecule has 0 aliphatic carbocycles. The molecule has 1 heterocycles. The number of hydrogen-bond acceptors (Lipinski definition) is 2. The lowest BCUT2D eigenvalue weighted by atomic mass is 10.0. The minimum absolute atomic E-state index is 0.0149. The van der Waals surface area contributed by atoms with Crippen molar-refractivity contribution in [2.75, 3.05) is 6.61 Å². The van der Waals surface area contributed by atoms with Gasteiger partial charge in [-0.3, -0.25) is 0 Å². The molecule has 2 rings (SSSR count). The van der Waals surface area contributed by atoms with Crippen molar-refractivity contribution < 1.29 is 9.53 Å². The highest BCUT2D eigenvalue weighted by molar-refractivity contribution is 5.70. The number of carbonyl (C=O) groups excluding carboxylic acids is 1. The summed E-state index contributed by atoms with van der Waals surface area (Å²) in [6.07, 6.45) is -0.325. The van der Waals surface area contributed by atoms with E-state index in [1.807, 2.05) is 13.8 Å². The van der Waals surface area contributed by atoms with E-state index in [1.54, 1.807) is 0 Å². The standard InChI is InChI=1S/C11H13NO2/c1-7-3-8(2)5-9(4-7)10-6-14-11(13)12-10/h3-5,10H,6H2,1-2H3,(H,12,13)/t10-/m0/s1. The van der Waals surface area contributed by atoms with Gasteiger partial charge in [-0.15, -0.1) is 0 Å². The Balaban J connectivity index is 2.27. The van der Waals surface area contributed by atoms with Crippen molar-refractivity contribution in [1.29, 1.82) is 0 Å². The van der Waals surface area contributed by atoms with Crippen molar-refractivity contribution in [3.8, 4) is 0 Å². The summed E-state index contributed by atoms with van der Waals surface area (Å²) in [6.45, 7) is 4.53. The van der Waals surface area contributed by atoms with Crippen molar-refractivity contribution in [3.63, 3.8) is 0 Å². The highest BCUT2D eigenvalue weighted by atomic mass is 16.6. The summed E-state index contributed by atoms with van der Waals surface area (Å²) >= 11 is 0. The maximum absolute atomic E-state index is 10.9. The van der Waals surface area contributed by atoms with Crippen LogP contribution in [0.15, 0.2) is 18.2 Å². The maximum Gasteiger partial charge on any atom is 0.407 e. The van der Waals surface area contributed by atoms with Gasteiger partial charge in [-0.25, -0.2) is 4.79 Å². The fourth-order valence-corrected chi connectivity index (χ4v) is 1.78. The highest BCUT2D eigenvalue weighted by Gasteiger charge is 2.23. The number of aryl methyl sites for hydroxylation is 2. The van der Waals surface area contributed by atoms with Gasteiger partial charge in [-0.05, 0) is 19.4 Å². The zero-order chi connectivity index (χ0) is 10.1. The van der Waals surface area contributed by atoms with Gasteiger partial charge in [0.2, 0.25) is 0 Å². The lowest BCUT2D eigenvalue weighted by molar-refractivity contribution is 0.177. The molecule has 0 aromatic heterocycles. The molecule has 1 atom stereocenters. The number of alkyl carbamates (subject to hydrolysis) is 1. The summed E-state index contributed by atoms with van der Waals surface area (Å²) in [7, 11) is 0. The molecule has 1 aromatic rings. The zero-order valence-corrected chi connectivity index (χ0v) is 8.33. The fourth-order valence-electron chi connectivity index (χ4n) is 1.78. The Labute approximate surface area is 83.1 Å². The molecule has 3 nitrogen and oxygen atoms in total. The SMILES string of the molecule is Cc1cc(C)cc([C@@H]2COC(=O)N2)c1. The molecule has 1 N–H and O–H groups in total. The Kier molecular flexibility index (Phi) is 2.15. The number of hydrogen-bond donors (Lipinski definition) is 1. The minimum Gasteiger partial charge on any atom is -0.447 e. The van der Waals surface area contributed by atoms with E-state index in [0.717, 1.165) is 5.56 Å². The fraction of sp³-hybridized carbons (Fsp3) is 0.364. The number of amides is 1. The summed E-state index contributed by atoms with van der Waals surface area (Å²) in [4.78, 5) is 10.9. The third-order valence-corrected chi connectivity index (χ3v) is 2.32. The molecule has 14 heavy (non-hydrogen) atoms. The number of cyclic esters (lactones) is 1. The van der Waals surface area contributed by atoms with Gasteiger partial charge in [-0.2, -0.15) is 0 Å². The van der Waals surface area contributed by atoms with Crippen LogP contribution in [0, 0.1) is 13.8 Å². The third kappa shape index (κ3) is 1.71. The van der Waals surface area contributed by atoms with Gasteiger partial charge < -0.3 is 10.1 Å². The molecule has 1 amide bonds. The van der Waals surface area contributed by atoms with E-state index in [-0.39, 0.29) is 12.1 Å². The van der Waals surface area contributed by atoms with Crippen molar-refractivity contribution in [2.45, 2.75) is 19.9 Å².